The van der Waals surface area contributed by atoms with Gasteiger partial charge in [0.1, 0.15) is 0 Å². The second kappa shape index (κ2) is 4.24. The molecule has 0 N–H and O–H groups in total. The number of carbonyl (C=O) groups excluding carboxylic acids is 1. The van der Waals surface area contributed by atoms with Crippen LogP contribution in [-0.4, -0.2) is 55.7 Å². The third-order valence-corrected chi connectivity index (χ3v) is 3.93. The molecule has 1 aliphatic heterocycles. The molecule has 0 aromatic rings. The Hall–Kier alpha value is -0.770. The van der Waals surface area contributed by atoms with Crippen LogP contribution >= 0.6 is 0 Å². The first-order chi connectivity index (χ1) is 7.56. The molecule has 92 valence electrons. The minimum Gasteiger partial charge on any atom is -0.380 e. The van der Waals surface area contributed by atoms with Crippen LogP contribution in [0.15, 0.2) is 0 Å². The Bertz CT molecular complexity index is 276. The minimum absolute atomic E-state index is 0.103. The topological polar surface area (TPSA) is 32.8 Å². The monoisotopic (exact) mass is 226 g/mol. The SMILES string of the molecule is CO[C@@H](C)CN(C)C(=O)N1CCC2(CC2)C1. The van der Waals surface area contributed by atoms with Crippen LogP contribution < -0.4 is 0 Å². The molecular weight excluding hydrogens is 204 g/mol. The quantitative estimate of drug-likeness (QED) is 0.731. The second-order valence-electron chi connectivity index (χ2n) is 5.38. The van der Waals surface area contributed by atoms with Crippen LogP contribution in [0.1, 0.15) is 26.2 Å². The molecule has 1 saturated heterocycles. The lowest BCUT2D eigenvalue weighted by Gasteiger charge is -2.26. The maximum absolute atomic E-state index is 12.1. The third kappa shape index (κ3) is 2.32. The lowest BCUT2D eigenvalue weighted by Crippen LogP contribution is -2.43. The molecule has 16 heavy (non-hydrogen) atoms. The van der Waals surface area contributed by atoms with Gasteiger partial charge in [0.05, 0.1) is 6.10 Å². The summed E-state index contributed by atoms with van der Waals surface area (Å²) in [5.74, 6) is 0. The number of likely N-dealkylation sites (tertiary alicyclic amines) is 1. The maximum Gasteiger partial charge on any atom is 0.319 e. The van der Waals surface area contributed by atoms with Gasteiger partial charge in [0.25, 0.3) is 0 Å². The molecule has 0 aromatic carbocycles. The molecule has 0 unspecified atom stereocenters. The van der Waals surface area contributed by atoms with E-state index in [0.717, 1.165) is 13.1 Å². The molecule has 1 aliphatic carbocycles. The van der Waals surface area contributed by atoms with E-state index in [1.165, 1.54) is 19.3 Å². The molecule has 0 radical (unpaired) electrons. The van der Waals surface area contributed by atoms with Crippen LogP contribution in [0.4, 0.5) is 4.79 Å². The van der Waals surface area contributed by atoms with Crippen LogP contribution in [0.25, 0.3) is 0 Å². The highest BCUT2D eigenvalue weighted by molar-refractivity contribution is 5.74. The molecule has 4 nitrogen and oxygen atoms in total. The number of amides is 2. The lowest BCUT2D eigenvalue weighted by atomic mass is 10.1. The van der Waals surface area contributed by atoms with Crippen molar-refractivity contribution < 1.29 is 9.53 Å². The maximum atomic E-state index is 12.1. The minimum atomic E-state index is 0.103. The van der Waals surface area contributed by atoms with Crippen molar-refractivity contribution in [2.75, 3.05) is 33.8 Å². The van der Waals surface area contributed by atoms with Crippen LogP contribution in [-0.2, 0) is 4.74 Å². The highest BCUT2D eigenvalue weighted by atomic mass is 16.5. The van der Waals surface area contributed by atoms with Crippen molar-refractivity contribution in [3.63, 3.8) is 0 Å². The molecule has 1 spiro atoms. The predicted octanol–water partition coefficient (Wildman–Crippen LogP) is 1.56. The van der Waals surface area contributed by atoms with E-state index in [1.807, 2.05) is 18.9 Å². The van der Waals surface area contributed by atoms with E-state index in [1.54, 1.807) is 12.0 Å². The number of ether oxygens (including phenoxy) is 1. The molecule has 2 fully saturated rings. The summed E-state index contributed by atoms with van der Waals surface area (Å²) in [5, 5.41) is 0. The van der Waals surface area contributed by atoms with Gasteiger partial charge in [0.15, 0.2) is 0 Å². The smallest absolute Gasteiger partial charge is 0.319 e. The van der Waals surface area contributed by atoms with Crippen molar-refractivity contribution in [3.8, 4) is 0 Å². The summed E-state index contributed by atoms with van der Waals surface area (Å²) < 4.78 is 5.17. The largest absolute Gasteiger partial charge is 0.380 e. The zero-order chi connectivity index (χ0) is 11.8. The van der Waals surface area contributed by atoms with E-state index < -0.39 is 0 Å². The predicted molar refractivity (Wildman–Crippen MR) is 62.4 cm³/mol. The zero-order valence-electron chi connectivity index (χ0n) is 10.5. The van der Waals surface area contributed by atoms with Crippen LogP contribution in [0.3, 0.4) is 0 Å². The van der Waals surface area contributed by atoms with Gasteiger partial charge in [0.2, 0.25) is 0 Å². The van der Waals surface area contributed by atoms with Gasteiger partial charge in [-0.3, -0.25) is 0 Å². The van der Waals surface area contributed by atoms with Crippen LogP contribution in [0.5, 0.6) is 0 Å². The number of carbonyl (C=O) groups is 1. The van der Waals surface area contributed by atoms with Gasteiger partial charge >= 0.3 is 6.03 Å². The second-order valence-corrected chi connectivity index (χ2v) is 5.38. The highest BCUT2D eigenvalue weighted by Crippen LogP contribution is 2.52. The summed E-state index contributed by atoms with van der Waals surface area (Å²) >= 11 is 0. The van der Waals surface area contributed by atoms with Gasteiger partial charge in [-0.2, -0.15) is 0 Å². The average molecular weight is 226 g/mol. The van der Waals surface area contributed by atoms with Gasteiger partial charge in [-0.25, -0.2) is 4.79 Å². The first-order valence-corrected chi connectivity index (χ1v) is 6.09. The number of hydrogen-bond acceptors (Lipinski definition) is 2. The van der Waals surface area contributed by atoms with Gasteiger partial charge in [-0.1, -0.05) is 0 Å². The molecule has 0 bridgehead atoms. The number of nitrogens with zero attached hydrogens (tertiary/aromatic N) is 2. The molecule has 2 aliphatic rings. The van der Waals surface area contributed by atoms with Gasteiger partial charge < -0.3 is 14.5 Å². The number of hydrogen-bond donors (Lipinski definition) is 0. The first kappa shape index (κ1) is 11.7. The average Bonchev–Trinajstić information content (AvgIpc) is 2.88. The Labute approximate surface area is 97.5 Å². The van der Waals surface area contributed by atoms with E-state index in [0.29, 0.717) is 12.0 Å². The fourth-order valence-electron chi connectivity index (χ4n) is 2.46. The van der Waals surface area contributed by atoms with Crippen molar-refractivity contribution in [1.29, 1.82) is 0 Å². The normalized spacial score (nSPS) is 23.6. The Kier molecular flexibility index (Phi) is 3.10. The Morgan fingerprint density at radius 1 is 1.50 bits per heavy atom. The third-order valence-electron chi connectivity index (χ3n) is 3.93. The standard InChI is InChI=1S/C12H22N2O2/c1-10(16-3)8-13(2)11(15)14-7-6-12(9-14)4-5-12/h10H,4-9H2,1-3H3/t10-/m0/s1. The molecule has 0 aromatic heterocycles. The van der Waals surface area contributed by atoms with E-state index in [-0.39, 0.29) is 12.1 Å². The Morgan fingerprint density at radius 3 is 2.69 bits per heavy atom. The first-order valence-electron chi connectivity index (χ1n) is 6.09. The number of methoxy groups -OCH3 is 1. The molecular formula is C12H22N2O2. The summed E-state index contributed by atoms with van der Waals surface area (Å²) in [6.45, 7) is 4.55. The summed E-state index contributed by atoms with van der Waals surface area (Å²) in [6.07, 6.45) is 3.93. The summed E-state index contributed by atoms with van der Waals surface area (Å²) in [4.78, 5) is 15.9. The fraction of sp³-hybridized carbons (Fsp3) is 0.917. The van der Waals surface area contributed by atoms with Crippen molar-refractivity contribution >= 4 is 6.03 Å². The Balaban J connectivity index is 1.82. The van der Waals surface area contributed by atoms with Gasteiger partial charge in [-0.15, -0.1) is 0 Å². The van der Waals surface area contributed by atoms with Crippen molar-refractivity contribution in [1.82, 2.24) is 9.80 Å². The van der Waals surface area contributed by atoms with E-state index in [2.05, 4.69) is 0 Å². The lowest BCUT2D eigenvalue weighted by molar-refractivity contribution is 0.0854. The Morgan fingerprint density at radius 2 is 2.19 bits per heavy atom. The van der Waals surface area contributed by atoms with Crippen molar-refractivity contribution in [3.05, 3.63) is 0 Å². The molecule has 2 amide bonds. The number of rotatable bonds is 3. The van der Waals surface area contributed by atoms with E-state index >= 15 is 0 Å². The summed E-state index contributed by atoms with van der Waals surface area (Å²) in [6, 6.07) is 0.160. The number of likely N-dealkylation sites (N-methyl/N-ethyl adjacent to an activating group) is 1. The van der Waals surface area contributed by atoms with E-state index in [9.17, 15) is 4.79 Å². The summed E-state index contributed by atoms with van der Waals surface area (Å²) in [5.41, 5.74) is 0.517. The molecule has 1 atom stereocenters. The van der Waals surface area contributed by atoms with Crippen LogP contribution in [0.2, 0.25) is 0 Å². The number of urea groups is 1. The zero-order valence-corrected chi connectivity index (χ0v) is 10.5. The summed E-state index contributed by atoms with van der Waals surface area (Å²) in [7, 11) is 3.54. The van der Waals surface area contributed by atoms with E-state index in [4.69, 9.17) is 4.74 Å². The van der Waals surface area contributed by atoms with Crippen molar-refractivity contribution in [2.24, 2.45) is 5.41 Å². The molecule has 1 heterocycles. The van der Waals surface area contributed by atoms with Crippen LogP contribution in [0, 0.1) is 5.41 Å². The highest BCUT2D eigenvalue weighted by Gasteiger charge is 2.49. The molecule has 2 rings (SSSR count). The van der Waals surface area contributed by atoms with Gasteiger partial charge in [0, 0.05) is 33.8 Å². The van der Waals surface area contributed by atoms with Gasteiger partial charge in [-0.05, 0) is 31.6 Å². The molecule has 4 heteroatoms. The van der Waals surface area contributed by atoms with Crippen molar-refractivity contribution in [2.45, 2.75) is 32.3 Å². The fourth-order valence-corrected chi connectivity index (χ4v) is 2.46. The molecule has 1 saturated carbocycles.